The average Bonchev–Trinajstić information content (AvgIpc) is 3.15. The average molecular weight is 382 g/mol. The minimum atomic E-state index is -0.564. The lowest BCUT2D eigenvalue weighted by molar-refractivity contribution is -0.384. The fourth-order valence-corrected chi connectivity index (χ4v) is 2.51. The van der Waals surface area contributed by atoms with Gasteiger partial charge in [0.1, 0.15) is 23.9 Å². The molecule has 144 valence electrons. The van der Waals surface area contributed by atoms with E-state index in [-0.39, 0.29) is 29.5 Å². The van der Waals surface area contributed by atoms with E-state index in [1.54, 1.807) is 6.07 Å². The number of hydrogen-bond acceptors (Lipinski definition) is 6. The SMILES string of the molecule is COc1cc(NC(=O)c2ccc(COc3cccc(C)c3)o2)cc([N+](=O)[O-])c1. The molecule has 0 spiro atoms. The summed E-state index contributed by atoms with van der Waals surface area (Å²) >= 11 is 0. The third-order valence-electron chi connectivity index (χ3n) is 3.85. The van der Waals surface area contributed by atoms with E-state index in [0.29, 0.717) is 11.5 Å². The second-order valence-corrected chi connectivity index (χ2v) is 6.00. The van der Waals surface area contributed by atoms with Gasteiger partial charge in [-0.05, 0) is 36.8 Å². The van der Waals surface area contributed by atoms with E-state index in [2.05, 4.69) is 5.32 Å². The zero-order valence-electron chi connectivity index (χ0n) is 15.3. The minimum Gasteiger partial charge on any atom is -0.496 e. The summed E-state index contributed by atoms with van der Waals surface area (Å²) in [6.45, 7) is 2.13. The van der Waals surface area contributed by atoms with Gasteiger partial charge in [-0.25, -0.2) is 0 Å². The lowest BCUT2D eigenvalue weighted by Gasteiger charge is -2.06. The number of nitrogens with one attached hydrogen (secondary N) is 1. The van der Waals surface area contributed by atoms with Crippen LogP contribution >= 0.6 is 0 Å². The number of nitro benzene ring substituents is 1. The molecule has 0 aliphatic heterocycles. The Morgan fingerprint density at radius 3 is 2.68 bits per heavy atom. The summed E-state index contributed by atoms with van der Waals surface area (Å²) in [4.78, 5) is 22.8. The van der Waals surface area contributed by atoms with E-state index in [9.17, 15) is 14.9 Å². The third kappa shape index (κ3) is 4.67. The van der Waals surface area contributed by atoms with Crippen molar-refractivity contribution in [3.8, 4) is 11.5 Å². The maximum Gasteiger partial charge on any atom is 0.291 e. The van der Waals surface area contributed by atoms with Crippen LogP contribution in [0.5, 0.6) is 11.5 Å². The highest BCUT2D eigenvalue weighted by Crippen LogP contribution is 2.26. The standard InChI is InChI=1S/C20H18N2O6/c1-13-4-3-5-16(8-13)27-12-17-6-7-19(28-17)20(23)21-14-9-15(22(24)25)11-18(10-14)26-2/h3-11H,12H2,1-2H3,(H,21,23). The molecule has 8 heteroatoms. The number of nitrogens with zero attached hydrogens (tertiary/aromatic N) is 1. The Kier molecular flexibility index (Phi) is 5.59. The second-order valence-electron chi connectivity index (χ2n) is 6.00. The zero-order chi connectivity index (χ0) is 20.1. The van der Waals surface area contributed by atoms with Crippen molar-refractivity contribution in [2.24, 2.45) is 0 Å². The fraction of sp³-hybridized carbons (Fsp3) is 0.150. The van der Waals surface area contributed by atoms with Crippen LogP contribution in [0.4, 0.5) is 11.4 Å². The Bertz CT molecular complexity index is 1010. The highest BCUT2D eigenvalue weighted by atomic mass is 16.6. The van der Waals surface area contributed by atoms with Crippen LogP contribution in [-0.2, 0) is 6.61 Å². The molecule has 1 aromatic heterocycles. The predicted molar refractivity (Wildman–Crippen MR) is 102 cm³/mol. The molecule has 1 heterocycles. The lowest BCUT2D eigenvalue weighted by Crippen LogP contribution is -2.11. The molecule has 0 saturated heterocycles. The first kappa shape index (κ1) is 19.0. The molecule has 0 atom stereocenters. The number of ether oxygens (including phenoxy) is 2. The van der Waals surface area contributed by atoms with Crippen molar-refractivity contribution in [3.05, 3.63) is 81.8 Å². The molecule has 0 bridgehead atoms. The van der Waals surface area contributed by atoms with Crippen LogP contribution in [0.15, 0.2) is 59.0 Å². The van der Waals surface area contributed by atoms with E-state index in [4.69, 9.17) is 13.9 Å². The first-order valence-electron chi connectivity index (χ1n) is 8.37. The Morgan fingerprint density at radius 2 is 1.96 bits per heavy atom. The van der Waals surface area contributed by atoms with Crippen LogP contribution in [0.2, 0.25) is 0 Å². The van der Waals surface area contributed by atoms with Crippen LogP contribution in [-0.4, -0.2) is 17.9 Å². The van der Waals surface area contributed by atoms with Gasteiger partial charge in [0.25, 0.3) is 11.6 Å². The Hall–Kier alpha value is -3.81. The molecule has 0 unspecified atom stereocenters. The maximum absolute atomic E-state index is 12.4. The molecular formula is C20H18N2O6. The summed E-state index contributed by atoms with van der Waals surface area (Å²) in [7, 11) is 1.39. The molecule has 3 aromatic rings. The van der Waals surface area contributed by atoms with Gasteiger partial charge >= 0.3 is 0 Å². The summed E-state index contributed by atoms with van der Waals surface area (Å²) in [5, 5.41) is 13.6. The van der Waals surface area contributed by atoms with Gasteiger partial charge < -0.3 is 19.2 Å². The smallest absolute Gasteiger partial charge is 0.291 e. The van der Waals surface area contributed by atoms with Crippen molar-refractivity contribution >= 4 is 17.3 Å². The predicted octanol–water partition coefficient (Wildman–Crippen LogP) is 4.34. The molecule has 1 N–H and O–H groups in total. The van der Waals surface area contributed by atoms with E-state index in [1.165, 1.54) is 31.4 Å². The maximum atomic E-state index is 12.4. The Morgan fingerprint density at radius 1 is 1.14 bits per heavy atom. The first-order valence-corrected chi connectivity index (χ1v) is 8.37. The molecule has 0 saturated carbocycles. The van der Waals surface area contributed by atoms with Gasteiger partial charge in [0.2, 0.25) is 0 Å². The molecule has 0 fully saturated rings. The zero-order valence-corrected chi connectivity index (χ0v) is 15.3. The van der Waals surface area contributed by atoms with Crippen LogP contribution in [0.1, 0.15) is 21.9 Å². The van der Waals surface area contributed by atoms with E-state index >= 15 is 0 Å². The van der Waals surface area contributed by atoms with Crippen LogP contribution < -0.4 is 14.8 Å². The van der Waals surface area contributed by atoms with Crippen molar-refractivity contribution in [1.29, 1.82) is 0 Å². The first-order chi connectivity index (χ1) is 13.4. The molecule has 0 aliphatic carbocycles. The number of nitro groups is 1. The van der Waals surface area contributed by atoms with E-state index in [0.717, 1.165) is 5.56 Å². The number of carbonyl (C=O) groups excluding carboxylic acids is 1. The molecule has 8 nitrogen and oxygen atoms in total. The molecule has 0 aliphatic rings. The normalized spacial score (nSPS) is 10.4. The number of rotatable bonds is 7. The van der Waals surface area contributed by atoms with Crippen LogP contribution in [0, 0.1) is 17.0 Å². The van der Waals surface area contributed by atoms with Crippen molar-refractivity contribution in [1.82, 2.24) is 0 Å². The molecule has 2 aromatic carbocycles. The monoisotopic (exact) mass is 382 g/mol. The van der Waals surface area contributed by atoms with E-state index < -0.39 is 10.8 Å². The topological polar surface area (TPSA) is 104 Å². The van der Waals surface area contributed by atoms with Gasteiger partial charge in [-0.15, -0.1) is 0 Å². The summed E-state index contributed by atoms with van der Waals surface area (Å²) < 4.78 is 16.2. The highest BCUT2D eigenvalue weighted by Gasteiger charge is 2.15. The number of amides is 1. The minimum absolute atomic E-state index is 0.0633. The Balaban J connectivity index is 1.67. The molecular weight excluding hydrogens is 364 g/mol. The second kappa shape index (κ2) is 8.26. The Labute approximate surface area is 160 Å². The molecule has 0 radical (unpaired) electrons. The number of furan rings is 1. The molecule has 3 rings (SSSR count). The van der Waals surface area contributed by atoms with Gasteiger partial charge in [-0.3, -0.25) is 14.9 Å². The summed E-state index contributed by atoms with van der Waals surface area (Å²) in [5.74, 6) is 0.961. The number of benzene rings is 2. The van der Waals surface area contributed by atoms with Crippen molar-refractivity contribution in [3.63, 3.8) is 0 Å². The van der Waals surface area contributed by atoms with Gasteiger partial charge in [0, 0.05) is 12.1 Å². The largest absolute Gasteiger partial charge is 0.496 e. The van der Waals surface area contributed by atoms with Crippen molar-refractivity contribution < 1.29 is 23.6 Å². The van der Waals surface area contributed by atoms with E-state index in [1.807, 2.05) is 31.2 Å². The number of non-ortho nitro benzene ring substituents is 1. The number of hydrogen-bond donors (Lipinski definition) is 1. The molecule has 1 amide bonds. The van der Waals surface area contributed by atoms with Gasteiger partial charge in [0.15, 0.2) is 5.76 Å². The van der Waals surface area contributed by atoms with Crippen molar-refractivity contribution in [2.45, 2.75) is 13.5 Å². The molecule has 28 heavy (non-hydrogen) atoms. The summed E-state index contributed by atoms with van der Waals surface area (Å²) in [5.41, 5.74) is 1.11. The van der Waals surface area contributed by atoms with Crippen molar-refractivity contribution in [2.75, 3.05) is 12.4 Å². The number of anilines is 1. The van der Waals surface area contributed by atoms with Gasteiger partial charge in [0.05, 0.1) is 23.8 Å². The highest BCUT2D eigenvalue weighted by molar-refractivity contribution is 6.02. The summed E-state index contributed by atoms with van der Waals surface area (Å²) in [6.07, 6.45) is 0. The lowest BCUT2D eigenvalue weighted by atomic mass is 10.2. The van der Waals surface area contributed by atoms with Gasteiger partial charge in [-0.2, -0.15) is 0 Å². The summed E-state index contributed by atoms with van der Waals surface area (Å²) in [6, 6.07) is 14.7. The van der Waals surface area contributed by atoms with Crippen LogP contribution in [0.3, 0.4) is 0 Å². The van der Waals surface area contributed by atoms with Crippen LogP contribution in [0.25, 0.3) is 0 Å². The third-order valence-corrected chi connectivity index (χ3v) is 3.85. The number of methoxy groups -OCH3 is 1. The number of aryl methyl sites for hydroxylation is 1. The van der Waals surface area contributed by atoms with Gasteiger partial charge in [-0.1, -0.05) is 12.1 Å². The number of carbonyl (C=O) groups is 1. The quantitative estimate of drug-likeness (QED) is 0.482. The fourth-order valence-electron chi connectivity index (χ4n) is 2.51.